The number of benzene rings is 2. The number of methoxy groups -OCH3 is 1. The molecule has 21 heavy (non-hydrogen) atoms. The minimum Gasteiger partial charge on any atom is -0.496 e. The summed E-state index contributed by atoms with van der Waals surface area (Å²) < 4.78 is 6.54. The predicted molar refractivity (Wildman–Crippen MR) is 90.9 cm³/mol. The summed E-state index contributed by atoms with van der Waals surface area (Å²) in [5.74, 6) is 0.845. The van der Waals surface area contributed by atoms with Crippen LogP contribution in [0.4, 0.5) is 0 Å². The highest BCUT2D eigenvalue weighted by molar-refractivity contribution is 9.10. The molecule has 3 aromatic rings. The van der Waals surface area contributed by atoms with Gasteiger partial charge in [-0.2, -0.15) is 0 Å². The zero-order valence-corrected chi connectivity index (χ0v) is 13.9. The molecule has 0 N–H and O–H groups in total. The fraction of sp³-hybridized carbons (Fsp3) is 0.167. The quantitative estimate of drug-likeness (QED) is 0.631. The van der Waals surface area contributed by atoms with Crippen LogP contribution in [0.2, 0.25) is 0 Å². The van der Waals surface area contributed by atoms with Crippen molar-refractivity contribution in [3.05, 3.63) is 58.1 Å². The van der Waals surface area contributed by atoms with Crippen molar-refractivity contribution in [3.8, 4) is 17.0 Å². The number of fused-ring (bicyclic) bond motifs is 1. The Hall–Kier alpha value is -1.87. The van der Waals surface area contributed by atoms with E-state index in [1.54, 1.807) is 7.11 Å². The second-order valence-electron chi connectivity index (χ2n) is 5.12. The third-order valence-electron chi connectivity index (χ3n) is 3.69. The summed E-state index contributed by atoms with van der Waals surface area (Å²) in [5, 5.41) is 1.17. The van der Waals surface area contributed by atoms with E-state index in [9.17, 15) is 0 Å². The van der Waals surface area contributed by atoms with Gasteiger partial charge in [0.25, 0.3) is 0 Å². The van der Waals surface area contributed by atoms with Crippen molar-refractivity contribution < 1.29 is 4.74 Å². The summed E-state index contributed by atoms with van der Waals surface area (Å²) in [5.41, 5.74) is 5.28. The van der Waals surface area contributed by atoms with Crippen molar-refractivity contribution in [1.29, 1.82) is 0 Å². The average molecular weight is 342 g/mol. The lowest BCUT2D eigenvalue weighted by Gasteiger charge is -2.13. The molecular formula is C18H16BrNO. The second kappa shape index (κ2) is 5.49. The van der Waals surface area contributed by atoms with Crippen LogP contribution in [0.1, 0.15) is 11.1 Å². The fourth-order valence-electron chi connectivity index (χ4n) is 2.53. The predicted octanol–water partition coefficient (Wildman–Crippen LogP) is 5.29. The average Bonchev–Trinajstić information content (AvgIpc) is 2.51. The van der Waals surface area contributed by atoms with Gasteiger partial charge in [-0.3, -0.25) is 0 Å². The van der Waals surface area contributed by atoms with Crippen molar-refractivity contribution >= 4 is 26.8 Å². The van der Waals surface area contributed by atoms with Crippen molar-refractivity contribution in [1.82, 2.24) is 4.98 Å². The lowest BCUT2D eigenvalue weighted by molar-refractivity contribution is 0.416. The van der Waals surface area contributed by atoms with E-state index in [2.05, 4.69) is 48.0 Å². The van der Waals surface area contributed by atoms with E-state index in [-0.39, 0.29) is 0 Å². The van der Waals surface area contributed by atoms with Gasteiger partial charge in [0.2, 0.25) is 0 Å². The highest BCUT2D eigenvalue weighted by Gasteiger charge is 2.15. The van der Waals surface area contributed by atoms with Gasteiger partial charge in [-0.15, -0.1) is 0 Å². The number of rotatable bonds is 2. The van der Waals surface area contributed by atoms with Gasteiger partial charge >= 0.3 is 0 Å². The van der Waals surface area contributed by atoms with Gasteiger partial charge in [0.15, 0.2) is 0 Å². The molecule has 2 nitrogen and oxygen atoms in total. The van der Waals surface area contributed by atoms with E-state index >= 15 is 0 Å². The van der Waals surface area contributed by atoms with Crippen LogP contribution in [0.3, 0.4) is 0 Å². The number of hydrogen-bond acceptors (Lipinski definition) is 2. The van der Waals surface area contributed by atoms with Crippen LogP contribution < -0.4 is 4.74 Å². The molecule has 0 atom stereocenters. The fourth-order valence-corrected chi connectivity index (χ4v) is 3.04. The third kappa shape index (κ3) is 2.42. The van der Waals surface area contributed by atoms with E-state index in [0.717, 1.165) is 27.0 Å². The normalized spacial score (nSPS) is 10.9. The maximum Gasteiger partial charge on any atom is 0.128 e. The summed E-state index contributed by atoms with van der Waals surface area (Å²) >= 11 is 3.70. The number of hydrogen-bond donors (Lipinski definition) is 0. The summed E-state index contributed by atoms with van der Waals surface area (Å²) in [6, 6.07) is 14.4. The summed E-state index contributed by atoms with van der Waals surface area (Å²) in [4.78, 5) is 4.82. The Morgan fingerprint density at radius 1 is 1.05 bits per heavy atom. The van der Waals surface area contributed by atoms with Crippen LogP contribution in [-0.2, 0) is 0 Å². The summed E-state index contributed by atoms with van der Waals surface area (Å²) in [6.07, 6.45) is 0. The molecule has 0 bridgehead atoms. The van der Waals surface area contributed by atoms with E-state index < -0.39 is 0 Å². The van der Waals surface area contributed by atoms with Gasteiger partial charge in [0.1, 0.15) is 5.75 Å². The Morgan fingerprint density at radius 2 is 1.81 bits per heavy atom. The number of nitrogens with zero attached hydrogens (tertiary/aromatic N) is 1. The lowest BCUT2D eigenvalue weighted by Crippen LogP contribution is -1.95. The highest BCUT2D eigenvalue weighted by atomic mass is 79.9. The van der Waals surface area contributed by atoms with Crippen LogP contribution >= 0.6 is 15.9 Å². The molecule has 0 saturated heterocycles. The number of pyridine rings is 1. The molecule has 0 unspecified atom stereocenters. The summed E-state index contributed by atoms with van der Waals surface area (Å²) in [7, 11) is 1.69. The first kappa shape index (κ1) is 14.1. The number of aryl methyl sites for hydroxylation is 2. The van der Waals surface area contributed by atoms with E-state index in [0.29, 0.717) is 0 Å². The lowest BCUT2D eigenvalue weighted by atomic mass is 10.0. The monoisotopic (exact) mass is 341 g/mol. The number of ether oxygens (including phenoxy) is 1. The highest BCUT2D eigenvalue weighted by Crippen LogP contribution is 2.38. The van der Waals surface area contributed by atoms with Crippen molar-refractivity contribution in [2.75, 3.05) is 7.11 Å². The Labute approximate surface area is 132 Å². The Morgan fingerprint density at radius 3 is 2.57 bits per heavy atom. The first-order chi connectivity index (χ1) is 10.1. The van der Waals surface area contributed by atoms with E-state index in [1.807, 2.05) is 24.3 Å². The Bertz CT molecular complexity index is 827. The largest absolute Gasteiger partial charge is 0.496 e. The Kier molecular flexibility index (Phi) is 3.68. The zero-order chi connectivity index (χ0) is 15.0. The SMILES string of the molecule is COc1cc(C)ccc1-c1nc2ccccc2c(C)c1Br. The first-order valence-corrected chi connectivity index (χ1v) is 7.61. The van der Waals surface area contributed by atoms with Crippen LogP contribution in [0.15, 0.2) is 46.9 Å². The van der Waals surface area contributed by atoms with Crippen LogP contribution in [-0.4, -0.2) is 12.1 Å². The van der Waals surface area contributed by atoms with Crippen LogP contribution in [0.25, 0.3) is 22.2 Å². The Balaban J connectivity index is 2.33. The van der Waals surface area contributed by atoms with Crippen molar-refractivity contribution in [2.45, 2.75) is 13.8 Å². The van der Waals surface area contributed by atoms with Crippen molar-refractivity contribution in [2.24, 2.45) is 0 Å². The molecule has 0 aliphatic carbocycles. The van der Waals surface area contributed by atoms with Gasteiger partial charge < -0.3 is 4.74 Å². The number of para-hydroxylation sites is 1. The molecule has 3 rings (SSSR count). The molecule has 106 valence electrons. The maximum atomic E-state index is 5.53. The molecule has 3 heteroatoms. The molecule has 0 aliphatic rings. The molecule has 0 aliphatic heterocycles. The summed E-state index contributed by atoms with van der Waals surface area (Å²) in [6.45, 7) is 4.17. The van der Waals surface area contributed by atoms with E-state index in [1.165, 1.54) is 16.5 Å². The van der Waals surface area contributed by atoms with Crippen molar-refractivity contribution in [3.63, 3.8) is 0 Å². The molecular weight excluding hydrogens is 326 g/mol. The van der Waals surface area contributed by atoms with Gasteiger partial charge in [-0.25, -0.2) is 4.98 Å². The second-order valence-corrected chi connectivity index (χ2v) is 5.91. The van der Waals surface area contributed by atoms with Gasteiger partial charge in [0.05, 0.1) is 18.3 Å². The molecule has 0 spiro atoms. The van der Waals surface area contributed by atoms with Gasteiger partial charge in [0, 0.05) is 15.4 Å². The number of halogens is 1. The smallest absolute Gasteiger partial charge is 0.128 e. The number of aromatic nitrogens is 1. The first-order valence-electron chi connectivity index (χ1n) is 6.81. The zero-order valence-electron chi connectivity index (χ0n) is 12.3. The van der Waals surface area contributed by atoms with Crippen LogP contribution in [0.5, 0.6) is 5.75 Å². The molecule has 2 aromatic carbocycles. The standard InChI is InChI=1S/C18H16BrNO/c1-11-8-9-14(16(10-11)21-3)18-17(19)12(2)13-6-4-5-7-15(13)20-18/h4-10H,1-3H3. The molecule has 0 amide bonds. The molecule has 1 heterocycles. The minimum absolute atomic E-state index is 0.845. The third-order valence-corrected chi connectivity index (χ3v) is 4.66. The van der Waals surface area contributed by atoms with Gasteiger partial charge in [-0.05, 0) is 59.1 Å². The van der Waals surface area contributed by atoms with Gasteiger partial charge in [-0.1, -0.05) is 24.3 Å². The topological polar surface area (TPSA) is 22.1 Å². The minimum atomic E-state index is 0.845. The molecule has 0 radical (unpaired) electrons. The van der Waals surface area contributed by atoms with E-state index in [4.69, 9.17) is 9.72 Å². The molecule has 0 saturated carbocycles. The molecule has 1 aromatic heterocycles. The van der Waals surface area contributed by atoms with Crippen LogP contribution in [0, 0.1) is 13.8 Å². The molecule has 0 fully saturated rings. The maximum absolute atomic E-state index is 5.53.